The number of hydrogen-bond acceptors (Lipinski definition) is 7. The van der Waals surface area contributed by atoms with E-state index in [0.29, 0.717) is 6.54 Å². The molecule has 2 aromatic rings. The molecule has 4 saturated carbocycles. The predicted octanol–water partition coefficient (Wildman–Crippen LogP) is 2.17. The van der Waals surface area contributed by atoms with Gasteiger partial charge in [0.1, 0.15) is 6.54 Å². The molecule has 1 amide bonds. The van der Waals surface area contributed by atoms with Gasteiger partial charge in [-0.15, -0.1) is 0 Å². The van der Waals surface area contributed by atoms with Crippen molar-refractivity contribution in [3.8, 4) is 0 Å². The SMILES string of the molecule is O=C(NCC12CC3CC(CC(C3)C1)C2)c1nc(Cn2ccc([N+](=O)[O-])n2)no1. The van der Waals surface area contributed by atoms with Crippen molar-refractivity contribution < 1.29 is 14.2 Å². The van der Waals surface area contributed by atoms with E-state index in [4.69, 9.17) is 4.52 Å². The van der Waals surface area contributed by atoms with Gasteiger partial charge >= 0.3 is 17.6 Å². The molecular formula is C18H22N6O4. The number of amides is 1. The first-order valence-electron chi connectivity index (χ1n) is 9.77. The molecule has 4 aliphatic rings. The zero-order valence-electron chi connectivity index (χ0n) is 15.4. The second-order valence-corrected chi connectivity index (χ2v) is 8.74. The Hall–Kier alpha value is -2.78. The highest BCUT2D eigenvalue weighted by atomic mass is 16.6. The molecule has 6 rings (SSSR count). The van der Waals surface area contributed by atoms with Crippen molar-refractivity contribution >= 4 is 11.7 Å². The number of aromatic nitrogens is 4. The van der Waals surface area contributed by atoms with Crippen LogP contribution in [-0.2, 0) is 6.54 Å². The Morgan fingerprint density at radius 1 is 1.29 bits per heavy atom. The largest absolute Gasteiger partial charge is 0.389 e. The maximum absolute atomic E-state index is 12.5. The smallest absolute Gasteiger partial charge is 0.358 e. The van der Waals surface area contributed by atoms with Gasteiger partial charge in [-0.05, 0) is 66.6 Å². The van der Waals surface area contributed by atoms with E-state index in [9.17, 15) is 14.9 Å². The molecular weight excluding hydrogens is 364 g/mol. The van der Waals surface area contributed by atoms with Crippen molar-refractivity contribution in [1.29, 1.82) is 0 Å². The first-order chi connectivity index (χ1) is 13.5. The van der Waals surface area contributed by atoms with Crippen LogP contribution in [0.1, 0.15) is 55.0 Å². The number of nitrogens with zero attached hydrogens (tertiary/aromatic N) is 5. The van der Waals surface area contributed by atoms with Crippen LogP contribution in [0.3, 0.4) is 0 Å². The molecule has 0 saturated heterocycles. The first kappa shape index (κ1) is 17.3. The van der Waals surface area contributed by atoms with E-state index in [2.05, 4.69) is 20.6 Å². The van der Waals surface area contributed by atoms with Crippen LogP contribution in [0, 0.1) is 33.3 Å². The fourth-order valence-corrected chi connectivity index (χ4v) is 5.94. The van der Waals surface area contributed by atoms with Crippen LogP contribution in [0.2, 0.25) is 0 Å². The molecule has 1 N–H and O–H groups in total. The lowest BCUT2D eigenvalue weighted by atomic mass is 9.49. The van der Waals surface area contributed by atoms with E-state index in [0.717, 1.165) is 17.8 Å². The van der Waals surface area contributed by atoms with E-state index < -0.39 is 4.92 Å². The van der Waals surface area contributed by atoms with Gasteiger partial charge in [0, 0.05) is 6.54 Å². The van der Waals surface area contributed by atoms with Gasteiger partial charge in [0.2, 0.25) is 0 Å². The molecule has 2 heterocycles. The average molecular weight is 386 g/mol. The third-order valence-corrected chi connectivity index (χ3v) is 6.57. The molecule has 10 nitrogen and oxygen atoms in total. The lowest BCUT2D eigenvalue weighted by Gasteiger charge is -2.56. The molecule has 0 radical (unpaired) electrons. The van der Waals surface area contributed by atoms with Crippen molar-refractivity contribution in [2.24, 2.45) is 23.2 Å². The Labute approximate surface area is 160 Å². The summed E-state index contributed by atoms with van der Waals surface area (Å²) in [6.07, 6.45) is 9.20. The van der Waals surface area contributed by atoms with E-state index in [1.54, 1.807) is 0 Å². The summed E-state index contributed by atoms with van der Waals surface area (Å²) in [5, 5.41) is 21.3. The van der Waals surface area contributed by atoms with Crippen LogP contribution in [0.25, 0.3) is 0 Å². The second kappa shape index (κ2) is 6.39. The number of nitro groups is 1. The number of carbonyl (C=O) groups excluding carboxylic acids is 1. The predicted molar refractivity (Wildman–Crippen MR) is 95.2 cm³/mol. The summed E-state index contributed by atoms with van der Waals surface area (Å²) in [6, 6.07) is 1.29. The molecule has 0 aromatic carbocycles. The minimum Gasteiger partial charge on any atom is -0.358 e. The molecule has 28 heavy (non-hydrogen) atoms. The summed E-state index contributed by atoms with van der Waals surface area (Å²) in [5.41, 5.74) is 0.237. The highest BCUT2D eigenvalue weighted by molar-refractivity contribution is 5.89. The van der Waals surface area contributed by atoms with Crippen molar-refractivity contribution in [1.82, 2.24) is 25.2 Å². The Kier molecular flexibility index (Phi) is 3.95. The monoisotopic (exact) mass is 386 g/mol. The Morgan fingerprint density at radius 3 is 2.57 bits per heavy atom. The number of rotatable bonds is 6. The average Bonchev–Trinajstić information content (AvgIpc) is 3.29. The second-order valence-electron chi connectivity index (χ2n) is 8.74. The molecule has 2 aromatic heterocycles. The summed E-state index contributed by atoms with van der Waals surface area (Å²) in [6.45, 7) is 0.762. The maximum atomic E-state index is 12.5. The van der Waals surface area contributed by atoms with Crippen LogP contribution < -0.4 is 5.32 Å². The molecule has 4 bridgehead atoms. The number of carbonyl (C=O) groups is 1. The minimum atomic E-state index is -0.573. The summed E-state index contributed by atoms with van der Waals surface area (Å²) < 4.78 is 6.41. The van der Waals surface area contributed by atoms with Gasteiger partial charge in [-0.1, -0.05) is 5.16 Å². The van der Waals surface area contributed by atoms with Gasteiger partial charge in [-0.3, -0.25) is 4.79 Å². The highest BCUT2D eigenvalue weighted by Crippen LogP contribution is 2.59. The van der Waals surface area contributed by atoms with Crippen molar-refractivity contribution in [2.75, 3.05) is 6.54 Å². The van der Waals surface area contributed by atoms with E-state index in [1.807, 2.05) is 0 Å². The molecule has 148 valence electrons. The Morgan fingerprint density at radius 2 is 1.96 bits per heavy atom. The number of nitrogens with one attached hydrogen (secondary N) is 1. The Balaban J connectivity index is 1.20. The van der Waals surface area contributed by atoms with Gasteiger partial charge in [0.05, 0.1) is 17.4 Å². The van der Waals surface area contributed by atoms with Crippen LogP contribution >= 0.6 is 0 Å². The molecule has 0 atom stereocenters. The summed E-state index contributed by atoms with van der Waals surface area (Å²) >= 11 is 0. The van der Waals surface area contributed by atoms with Gasteiger partial charge in [0.15, 0.2) is 5.82 Å². The van der Waals surface area contributed by atoms with Gasteiger partial charge < -0.3 is 20.0 Å². The standard InChI is InChI=1S/C18H22N6O4/c25-16(19-10-18-6-11-3-12(7-18)5-13(4-11)8-18)17-20-14(22-28-17)9-23-2-1-15(21-23)24(26)27/h1-2,11-13H,3-10H2,(H,19,25). The fourth-order valence-electron chi connectivity index (χ4n) is 5.94. The molecule has 0 spiro atoms. The first-order valence-corrected chi connectivity index (χ1v) is 9.77. The molecule has 4 aliphatic carbocycles. The van der Waals surface area contributed by atoms with E-state index in [-0.39, 0.29) is 35.4 Å². The van der Waals surface area contributed by atoms with Gasteiger partial charge in [-0.2, -0.15) is 9.67 Å². The normalized spacial score (nSPS) is 30.5. The summed E-state index contributed by atoms with van der Waals surface area (Å²) in [7, 11) is 0. The van der Waals surface area contributed by atoms with Crippen molar-refractivity contribution in [3.05, 3.63) is 34.1 Å². The lowest BCUT2D eigenvalue weighted by Crippen LogP contribution is -2.51. The van der Waals surface area contributed by atoms with Gasteiger partial charge in [0.25, 0.3) is 0 Å². The third kappa shape index (κ3) is 3.16. The van der Waals surface area contributed by atoms with E-state index >= 15 is 0 Å². The van der Waals surface area contributed by atoms with Crippen LogP contribution in [0.15, 0.2) is 16.8 Å². The molecule has 0 aliphatic heterocycles. The van der Waals surface area contributed by atoms with Crippen LogP contribution in [0.5, 0.6) is 0 Å². The van der Waals surface area contributed by atoms with E-state index in [1.165, 1.54) is 55.5 Å². The minimum absolute atomic E-state index is 0.0821. The topological polar surface area (TPSA) is 129 Å². The highest BCUT2D eigenvalue weighted by Gasteiger charge is 2.50. The van der Waals surface area contributed by atoms with Crippen molar-refractivity contribution in [3.63, 3.8) is 0 Å². The van der Waals surface area contributed by atoms with Crippen molar-refractivity contribution in [2.45, 2.75) is 45.1 Å². The lowest BCUT2D eigenvalue weighted by molar-refractivity contribution is -0.389. The summed E-state index contributed by atoms with van der Waals surface area (Å²) in [5.74, 6) is 2.04. The summed E-state index contributed by atoms with van der Waals surface area (Å²) in [4.78, 5) is 26.7. The Bertz CT molecular complexity index is 884. The molecule has 4 fully saturated rings. The quantitative estimate of drug-likeness (QED) is 0.595. The maximum Gasteiger partial charge on any atom is 0.389 e. The number of hydrogen-bond donors (Lipinski definition) is 1. The fraction of sp³-hybridized carbons (Fsp3) is 0.667. The van der Waals surface area contributed by atoms with Crippen LogP contribution in [-0.4, -0.2) is 37.3 Å². The van der Waals surface area contributed by atoms with Gasteiger partial charge in [-0.25, -0.2) is 0 Å². The zero-order chi connectivity index (χ0) is 19.3. The molecule has 10 heteroatoms. The zero-order valence-corrected chi connectivity index (χ0v) is 15.4. The van der Waals surface area contributed by atoms with Crippen LogP contribution in [0.4, 0.5) is 5.82 Å². The third-order valence-electron chi connectivity index (χ3n) is 6.57. The molecule has 0 unspecified atom stereocenters.